The van der Waals surface area contributed by atoms with Crippen molar-refractivity contribution >= 4 is 22.0 Å². The number of nitrogens with one attached hydrogen (secondary N) is 3. The van der Waals surface area contributed by atoms with Crippen molar-refractivity contribution < 1.29 is 19.4 Å². The van der Waals surface area contributed by atoms with Gasteiger partial charge in [0, 0.05) is 5.39 Å². The Morgan fingerprint density at radius 1 is 1.21 bits per heavy atom. The molecule has 2 aromatic carbocycles. The number of piperidine rings is 1. The lowest BCUT2D eigenvalue weighted by molar-refractivity contribution is -0.919. The van der Waals surface area contributed by atoms with Crippen molar-refractivity contribution in [3.8, 4) is 17.1 Å². The van der Waals surface area contributed by atoms with E-state index in [1.165, 1.54) is 17.7 Å². The van der Waals surface area contributed by atoms with E-state index in [2.05, 4.69) is 16.9 Å². The van der Waals surface area contributed by atoms with Gasteiger partial charge in [0.25, 0.3) is 5.82 Å². The zero-order chi connectivity index (χ0) is 20.0. The molecule has 0 atom stereocenters. The van der Waals surface area contributed by atoms with Gasteiger partial charge in [-0.3, -0.25) is 0 Å². The van der Waals surface area contributed by atoms with E-state index in [4.69, 9.17) is 4.42 Å². The van der Waals surface area contributed by atoms with Crippen LogP contribution in [0.5, 0.6) is 5.75 Å². The minimum absolute atomic E-state index is 0.191. The van der Waals surface area contributed by atoms with E-state index >= 15 is 0 Å². The van der Waals surface area contributed by atoms with Gasteiger partial charge in [-0.1, -0.05) is 19.1 Å². The van der Waals surface area contributed by atoms with E-state index in [1.807, 2.05) is 30.3 Å². The van der Waals surface area contributed by atoms with Crippen LogP contribution in [0.15, 0.2) is 51.7 Å². The van der Waals surface area contributed by atoms with Crippen LogP contribution in [0.3, 0.4) is 0 Å². The van der Waals surface area contributed by atoms with Crippen molar-refractivity contribution in [2.45, 2.75) is 26.3 Å². The molecule has 1 aliphatic rings. The summed E-state index contributed by atoms with van der Waals surface area (Å²) in [5, 5.41) is 11.3. The summed E-state index contributed by atoms with van der Waals surface area (Å²) < 4.78 is 5.75. The van der Waals surface area contributed by atoms with Gasteiger partial charge < -0.3 is 14.4 Å². The number of quaternary nitrogens is 1. The maximum absolute atomic E-state index is 12.8. The summed E-state index contributed by atoms with van der Waals surface area (Å²) in [6, 6.07) is 13.1. The van der Waals surface area contributed by atoms with Crippen LogP contribution in [0.25, 0.3) is 33.4 Å². The van der Waals surface area contributed by atoms with Crippen molar-refractivity contribution in [2.75, 3.05) is 13.1 Å². The molecule has 1 saturated heterocycles. The van der Waals surface area contributed by atoms with Gasteiger partial charge in [-0.2, -0.15) is 0 Å². The predicted octanol–water partition coefficient (Wildman–Crippen LogP) is 2.28. The summed E-state index contributed by atoms with van der Waals surface area (Å²) in [6.45, 7) is 5.09. The molecule has 3 heterocycles. The van der Waals surface area contributed by atoms with Crippen molar-refractivity contribution in [2.24, 2.45) is 5.92 Å². The first-order valence-electron chi connectivity index (χ1n) is 10.2. The smallest absolute Gasteiger partial charge is 0.352 e. The first-order valence-corrected chi connectivity index (χ1v) is 10.2. The van der Waals surface area contributed by atoms with E-state index in [0.29, 0.717) is 23.5 Å². The summed E-state index contributed by atoms with van der Waals surface area (Å²) in [6.07, 6.45) is 2.37. The molecule has 0 unspecified atom stereocenters. The monoisotopic (exact) mass is 391 g/mol. The minimum atomic E-state index is -0.422. The molecule has 1 aliphatic heterocycles. The molecular weight excluding hydrogens is 366 g/mol. The normalized spacial score (nSPS) is 19.8. The SMILES string of the molecule is CC1CC[NH+](Cc2c(O)ccc3cc(-c4[nH]c5ccccc5[nH+]4)c(=O)oc23)CC1. The van der Waals surface area contributed by atoms with Crippen molar-refractivity contribution in [1.82, 2.24) is 4.98 Å². The largest absolute Gasteiger partial charge is 0.507 e. The number of benzene rings is 2. The fourth-order valence-corrected chi connectivity index (χ4v) is 4.31. The Bertz CT molecular complexity index is 1220. The van der Waals surface area contributed by atoms with Crippen molar-refractivity contribution in [3.05, 3.63) is 58.4 Å². The molecule has 0 amide bonds. The number of para-hydroxylation sites is 2. The fourth-order valence-electron chi connectivity index (χ4n) is 4.31. The highest BCUT2D eigenvalue weighted by molar-refractivity contribution is 5.85. The molecule has 148 valence electrons. The number of likely N-dealkylation sites (tertiary alicyclic amines) is 1. The van der Waals surface area contributed by atoms with Gasteiger partial charge in [0.1, 0.15) is 17.9 Å². The minimum Gasteiger partial charge on any atom is -0.507 e. The number of aromatic hydroxyl groups is 1. The zero-order valence-corrected chi connectivity index (χ0v) is 16.4. The standard InChI is InChI=1S/C23H23N3O3/c1-14-8-10-26(11-9-14)13-17-20(27)7-6-15-12-16(23(28)29-21(15)17)22-24-18-4-2-3-5-19(18)25-22/h2-7,12,14,27H,8-11,13H2,1H3,(H,24,25)/p+2. The molecule has 2 aromatic heterocycles. The van der Waals surface area contributed by atoms with E-state index in [0.717, 1.165) is 41.0 Å². The maximum Gasteiger partial charge on any atom is 0.352 e. The highest BCUT2D eigenvalue weighted by atomic mass is 16.4. The quantitative estimate of drug-likeness (QED) is 0.469. The third-order valence-corrected chi connectivity index (χ3v) is 6.10. The average Bonchev–Trinajstić information content (AvgIpc) is 3.15. The van der Waals surface area contributed by atoms with E-state index in [1.54, 1.807) is 12.1 Å². The fraction of sp³-hybridized carbons (Fsp3) is 0.304. The van der Waals surface area contributed by atoms with Gasteiger partial charge >= 0.3 is 5.63 Å². The van der Waals surface area contributed by atoms with Crippen LogP contribution in [-0.4, -0.2) is 23.2 Å². The van der Waals surface area contributed by atoms with Crippen LogP contribution in [0.1, 0.15) is 25.3 Å². The Balaban J connectivity index is 1.57. The number of rotatable bonds is 3. The summed E-state index contributed by atoms with van der Waals surface area (Å²) in [5.74, 6) is 1.57. The molecule has 0 radical (unpaired) electrons. The van der Waals surface area contributed by atoms with Gasteiger partial charge in [0.2, 0.25) is 0 Å². The number of aromatic amines is 2. The third kappa shape index (κ3) is 3.29. The van der Waals surface area contributed by atoms with E-state index in [9.17, 15) is 9.90 Å². The van der Waals surface area contributed by atoms with Crippen LogP contribution < -0.4 is 15.5 Å². The molecular formula is C23H25N3O3+2. The summed E-state index contributed by atoms with van der Waals surface area (Å²) >= 11 is 0. The summed E-state index contributed by atoms with van der Waals surface area (Å²) in [5.41, 5.74) is 3.09. The summed E-state index contributed by atoms with van der Waals surface area (Å²) in [4.78, 5) is 20.7. The van der Waals surface area contributed by atoms with E-state index in [-0.39, 0.29) is 5.75 Å². The number of imidazole rings is 1. The second-order valence-corrected chi connectivity index (χ2v) is 8.21. The lowest BCUT2D eigenvalue weighted by atomic mass is 9.98. The van der Waals surface area contributed by atoms with Crippen LogP contribution in [0.2, 0.25) is 0 Å². The van der Waals surface area contributed by atoms with Gasteiger partial charge in [-0.15, -0.1) is 0 Å². The first-order chi connectivity index (χ1) is 14.1. The van der Waals surface area contributed by atoms with Gasteiger partial charge in [-0.25, -0.2) is 14.8 Å². The Morgan fingerprint density at radius 3 is 2.79 bits per heavy atom. The molecule has 5 rings (SSSR count). The van der Waals surface area contributed by atoms with Crippen molar-refractivity contribution in [1.29, 1.82) is 0 Å². The molecule has 1 fully saturated rings. The number of aromatic nitrogens is 2. The Morgan fingerprint density at radius 2 is 2.00 bits per heavy atom. The van der Waals surface area contributed by atoms with Crippen LogP contribution in [0.4, 0.5) is 0 Å². The van der Waals surface area contributed by atoms with Crippen LogP contribution in [0, 0.1) is 5.92 Å². The van der Waals surface area contributed by atoms with E-state index < -0.39 is 5.63 Å². The Labute approximate surface area is 167 Å². The molecule has 6 heteroatoms. The number of hydrogen-bond acceptors (Lipinski definition) is 3. The van der Waals surface area contributed by atoms with Crippen molar-refractivity contribution in [3.63, 3.8) is 0 Å². The highest BCUT2D eigenvalue weighted by Gasteiger charge is 2.24. The van der Waals surface area contributed by atoms with Gasteiger partial charge in [0.15, 0.2) is 16.6 Å². The molecule has 29 heavy (non-hydrogen) atoms. The Hall–Kier alpha value is -3.12. The molecule has 0 bridgehead atoms. The lowest BCUT2D eigenvalue weighted by Crippen LogP contribution is -3.11. The molecule has 0 saturated carbocycles. The number of H-pyrrole nitrogens is 2. The lowest BCUT2D eigenvalue weighted by Gasteiger charge is -2.27. The first kappa shape index (κ1) is 17.9. The summed E-state index contributed by atoms with van der Waals surface area (Å²) in [7, 11) is 0. The number of fused-ring (bicyclic) bond motifs is 2. The van der Waals surface area contributed by atoms with Gasteiger partial charge in [-0.05, 0) is 49.1 Å². The van der Waals surface area contributed by atoms with Gasteiger partial charge in [0.05, 0.1) is 18.7 Å². The number of hydrogen-bond donors (Lipinski definition) is 3. The molecule has 6 nitrogen and oxygen atoms in total. The second-order valence-electron chi connectivity index (χ2n) is 8.21. The zero-order valence-electron chi connectivity index (χ0n) is 16.4. The highest BCUT2D eigenvalue weighted by Crippen LogP contribution is 2.28. The second kappa shape index (κ2) is 7.04. The van der Waals surface area contributed by atoms with Crippen LogP contribution >= 0.6 is 0 Å². The number of phenolic OH excluding ortho intramolecular Hbond substituents is 1. The third-order valence-electron chi connectivity index (χ3n) is 6.10. The van der Waals surface area contributed by atoms with Crippen LogP contribution in [-0.2, 0) is 6.54 Å². The predicted molar refractivity (Wildman–Crippen MR) is 111 cm³/mol. The Kier molecular flexibility index (Phi) is 4.36. The molecule has 0 spiro atoms. The molecule has 0 aliphatic carbocycles. The number of phenols is 1. The average molecular weight is 391 g/mol. The topological polar surface area (TPSA) is 84.8 Å². The maximum atomic E-state index is 12.8. The molecule has 4 aromatic rings. The molecule has 4 N–H and O–H groups in total.